The highest BCUT2D eigenvalue weighted by Gasteiger charge is 2.30. The highest BCUT2D eigenvalue weighted by molar-refractivity contribution is 5.85. The van der Waals surface area contributed by atoms with Gasteiger partial charge in [0.05, 0.1) is 13.5 Å². The van der Waals surface area contributed by atoms with Gasteiger partial charge in [-0.3, -0.25) is 4.79 Å². The van der Waals surface area contributed by atoms with Gasteiger partial charge in [0.1, 0.15) is 23.9 Å². The Morgan fingerprint density at radius 2 is 1.78 bits per heavy atom. The molecule has 0 radical (unpaired) electrons. The van der Waals surface area contributed by atoms with E-state index in [1.807, 2.05) is 50.2 Å². The van der Waals surface area contributed by atoms with E-state index >= 15 is 0 Å². The predicted molar refractivity (Wildman–Crippen MR) is 145 cm³/mol. The number of ether oxygens (including phenoxy) is 2. The molecule has 4 rings (SSSR count). The number of hydrogen-bond donors (Lipinski definition) is 1. The molecule has 1 aliphatic rings. The van der Waals surface area contributed by atoms with Crippen molar-refractivity contribution >= 4 is 11.5 Å². The van der Waals surface area contributed by atoms with Crippen molar-refractivity contribution < 1.29 is 23.8 Å². The number of halogens is 1. The second-order valence-electron chi connectivity index (χ2n) is 11.0. The van der Waals surface area contributed by atoms with Crippen molar-refractivity contribution in [2.24, 2.45) is 5.41 Å². The fraction of sp³-hybridized carbons (Fsp3) is 0.344. The second kappa shape index (κ2) is 10.4. The lowest BCUT2D eigenvalue weighted by atomic mass is 9.79. The Labute approximate surface area is 218 Å². The number of benzene rings is 3. The van der Waals surface area contributed by atoms with Crippen LogP contribution >= 0.6 is 0 Å². The van der Waals surface area contributed by atoms with Crippen molar-refractivity contribution in [2.45, 2.75) is 59.0 Å². The van der Waals surface area contributed by atoms with Crippen LogP contribution in [0.2, 0.25) is 0 Å². The molecule has 0 heterocycles. The first kappa shape index (κ1) is 26.5. The van der Waals surface area contributed by atoms with E-state index in [-0.39, 0.29) is 17.7 Å². The topological polar surface area (TPSA) is 55.8 Å². The molecule has 0 unspecified atom stereocenters. The molecule has 5 heteroatoms. The van der Waals surface area contributed by atoms with Crippen LogP contribution in [0.5, 0.6) is 11.5 Å². The lowest BCUT2D eigenvalue weighted by molar-refractivity contribution is -0.138. The van der Waals surface area contributed by atoms with Gasteiger partial charge in [-0.05, 0) is 82.5 Å². The number of carboxylic acid groups (broad SMARTS) is 1. The molecule has 0 bridgehead atoms. The van der Waals surface area contributed by atoms with Gasteiger partial charge in [-0.15, -0.1) is 0 Å². The summed E-state index contributed by atoms with van der Waals surface area (Å²) in [6, 6.07) is 18.5. The van der Waals surface area contributed by atoms with Crippen molar-refractivity contribution in [3.05, 3.63) is 89.2 Å². The van der Waals surface area contributed by atoms with Crippen molar-refractivity contribution in [1.82, 2.24) is 0 Å². The summed E-state index contributed by atoms with van der Waals surface area (Å²) in [7, 11) is 1.58. The van der Waals surface area contributed by atoms with E-state index in [2.05, 4.69) is 26.0 Å². The third kappa shape index (κ3) is 5.87. The summed E-state index contributed by atoms with van der Waals surface area (Å²) in [5.41, 5.74) is 4.92. The molecule has 0 aromatic heterocycles. The summed E-state index contributed by atoms with van der Waals surface area (Å²) >= 11 is 0. The van der Waals surface area contributed by atoms with Gasteiger partial charge in [0.25, 0.3) is 0 Å². The maximum absolute atomic E-state index is 15.0. The molecule has 0 amide bonds. The predicted octanol–water partition coefficient (Wildman–Crippen LogP) is 8.04. The number of allylic oxidation sites excluding steroid dienone is 2. The summed E-state index contributed by atoms with van der Waals surface area (Å²) in [6.07, 6.45) is 4.33. The molecule has 0 saturated carbocycles. The molecule has 3 aromatic carbocycles. The first-order valence-corrected chi connectivity index (χ1v) is 12.6. The molecular weight excluding hydrogens is 467 g/mol. The van der Waals surface area contributed by atoms with Crippen molar-refractivity contribution in [1.29, 1.82) is 0 Å². The van der Waals surface area contributed by atoms with Crippen molar-refractivity contribution in [3.63, 3.8) is 0 Å². The fourth-order valence-electron chi connectivity index (χ4n) is 5.09. The third-order valence-electron chi connectivity index (χ3n) is 7.30. The Morgan fingerprint density at radius 3 is 2.46 bits per heavy atom. The van der Waals surface area contributed by atoms with E-state index in [1.54, 1.807) is 19.2 Å². The smallest absolute Gasteiger partial charge is 0.304 e. The quantitative estimate of drug-likeness (QED) is 0.322. The molecule has 3 aromatic rings. The summed E-state index contributed by atoms with van der Waals surface area (Å²) in [6.45, 7) is 8.63. The van der Waals surface area contributed by atoms with E-state index < -0.39 is 11.4 Å². The number of carboxylic acids is 1. The van der Waals surface area contributed by atoms with Crippen LogP contribution < -0.4 is 9.47 Å². The Morgan fingerprint density at radius 1 is 1.00 bits per heavy atom. The van der Waals surface area contributed by atoms with Crippen LogP contribution in [-0.4, -0.2) is 18.2 Å². The SMILES string of the molecule is COc1ccc(F)c(-c2ccc(COc3cccc(C(C)(C)CC(=O)O)c3)cc2C2=CCCC2(C)C)c1. The van der Waals surface area contributed by atoms with Gasteiger partial charge in [0.15, 0.2) is 0 Å². The molecule has 0 atom stereocenters. The van der Waals surface area contributed by atoms with Crippen LogP contribution in [-0.2, 0) is 16.8 Å². The standard InChI is InChI=1S/C32H35FO4/c1-31(2)15-7-10-28(31)26-16-21(11-13-25(26)27-18-23(36-5)12-14-29(27)33)20-37-24-9-6-8-22(17-24)32(3,4)19-30(34)35/h6,8-14,16-18H,7,15,19-20H2,1-5H3,(H,34,35). The Kier molecular flexibility index (Phi) is 7.44. The van der Waals surface area contributed by atoms with Gasteiger partial charge in [-0.25, -0.2) is 4.39 Å². The Bertz CT molecular complexity index is 1340. The average molecular weight is 503 g/mol. The first-order chi connectivity index (χ1) is 17.5. The van der Waals surface area contributed by atoms with Gasteiger partial charge in [-0.2, -0.15) is 0 Å². The van der Waals surface area contributed by atoms with E-state index in [0.717, 1.165) is 35.1 Å². The molecule has 0 spiro atoms. The maximum Gasteiger partial charge on any atom is 0.304 e. The molecule has 1 aliphatic carbocycles. The number of carbonyl (C=O) groups is 1. The lowest BCUT2D eigenvalue weighted by Gasteiger charge is -2.26. The van der Waals surface area contributed by atoms with Gasteiger partial charge >= 0.3 is 5.97 Å². The first-order valence-electron chi connectivity index (χ1n) is 12.6. The van der Waals surface area contributed by atoms with Crippen LogP contribution in [0.1, 0.15) is 63.6 Å². The average Bonchev–Trinajstić information content (AvgIpc) is 3.21. The molecule has 1 N–H and O–H groups in total. The van der Waals surface area contributed by atoms with Crippen LogP contribution in [0.25, 0.3) is 16.7 Å². The van der Waals surface area contributed by atoms with Crippen molar-refractivity contribution in [3.8, 4) is 22.6 Å². The van der Waals surface area contributed by atoms with Gasteiger partial charge < -0.3 is 14.6 Å². The van der Waals surface area contributed by atoms with E-state index in [1.165, 1.54) is 11.6 Å². The minimum Gasteiger partial charge on any atom is -0.497 e. The largest absolute Gasteiger partial charge is 0.497 e. The number of rotatable bonds is 9. The van der Waals surface area contributed by atoms with E-state index in [4.69, 9.17) is 9.47 Å². The van der Waals surface area contributed by atoms with Crippen LogP contribution in [0.3, 0.4) is 0 Å². The minimum absolute atomic E-state index is 0.0202. The summed E-state index contributed by atoms with van der Waals surface area (Å²) < 4.78 is 26.5. The van der Waals surface area contributed by atoms with Crippen LogP contribution in [0.4, 0.5) is 4.39 Å². The lowest BCUT2D eigenvalue weighted by Crippen LogP contribution is -2.21. The minimum atomic E-state index is -0.833. The highest BCUT2D eigenvalue weighted by Crippen LogP contribution is 2.47. The zero-order chi connectivity index (χ0) is 26.8. The van der Waals surface area contributed by atoms with Crippen LogP contribution in [0.15, 0.2) is 66.7 Å². The molecule has 194 valence electrons. The molecule has 0 fully saturated rings. The monoisotopic (exact) mass is 502 g/mol. The number of hydrogen-bond acceptors (Lipinski definition) is 3. The fourth-order valence-corrected chi connectivity index (χ4v) is 5.09. The molecule has 0 aliphatic heterocycles. The number of aliphatic carboxylic acids is 1. The zero-order valence-electron chi connectivity index (χ0n) is 22.2. The number of methoxy groups -OCH3 is 1. The third-order valence-corrected chi connectivity index (χ3v) is 7.30. The maximum atomic E-state index is 15.0. The molecule has 0 saturated heterocycles. The zero-order valence-corrected chi connectivity index (χ0v) is 22.2. The summed E-state index contributed by atoms with van der Waals surface area (Å²) in [5.74, 6) is 0.171. The second-order valence-corrected chi connectivity index (χ2v) is 11.0. The van der Waals surface area contributed by atoms with E-state index in [0.29, 0.717) is 23.7 Å². The highest BCUT2D eigenvalue weighted by atomic mass is 19.1. The molecule has 37 heavy (non-hydrogen) atoms. The van der Waals surface area contributed by atoms with Crippen LogP contribution in [0, 0.1) is 11.2 Å². The van der Waals surface area contributed by atoms with Crippen molar-refractivity contribution in [2.75, 3.05) is 7.11 Å². The van der Waals surface area contributed by atoms with Gasteiger partial charge in [0.2, 0.25) is 0 Å². The molecule has 4 nitrogen and oxygen atoms in total. The summed E-state index contributed by atoms with van der Waals surface area (Å²) in [4.78, 5) is 11.3. The Hall–Kier alpha value is -3.60. The van der Waals surface area contributed by atoms with Gasteiger partial charge in [0, 0.05) is 11.0 Å². The normalized spacial score (nSPS) is 14.8. The summed E-state index contributed by atoms with van der Waals surface area (Å²) in [5, 5.41) is 9.27. The van der Waals surface area contributed by atoms with E-state index in [9.17, 15) is 14.3 Å². The molecular formula is C32H35FO4. The van der Waals surface area contributed by atoms with Gasteiger partial charge in [-0.1, -0.05) is 58.0 Å². The Balaban J connectivity index is 1.67.